The number of nitrogens with two attached hydrogens (primary N) is 2. The summed E-state index contributed by atoms with van der Waals surface area (Å²) in [5, 5.41) is 5.44. The normalized spacial score (nSPS) is 12.2. The van der Waals surface area contributed by atoms with Crippen LogP contribution in [0.4, 0.5) is 5.69 Å². The second-order valence-corrected chi connectivity index (χ2v) is 6.89. The van der Waals surface area contributed by atoms with Crippen LogP contribution in [0.15, 0.2) is 47.5 Å². The molecule has 152 valence electrons. The summed E-state index contributed by atoms with van der Waals surface area (Å²) in [6, 6.07) is 10.1. The van der Waals surface area contributed by atoms with E-state index in [2.05, 4.69) is 15.6 Å². The van der Waals surface area contributed by atoms with E-state index in [9.17, 15) is 14.4 Å². The molecule has 0 saturated carbocycles. The van der Waals surface area contributed by atoms with Crippen molar-refractivity contribution in [2.45, 2.75) is 19.4 Å². The number of carbonyl (C=O) groups excluding carboxylic acids is 3. The molecule has 2 rings (SSSR count). The van der Waals surface area contributed by atoms with Crippen molar-refractivity contribution in [1.29, 1.82) is 0 Å². The molecule has 0 bridgehead atoms. The predicted molar refractivity (Wildman–Crippen MR) is 113 cm³/mol. The number of guanidine groups is 1. The van der Waals surface area contributed by atoms with Gasteiger partial charge in [0.2, 0.25) is 11.9 Å². The van der Waals surface area contributed by atoms with Gasteiger partial charge in [-0.25, -0.2) is 0 Å². The third-order valence-corrected chi connectivity index (χ3v) is 4.50. The quantitative estimate of drug-likeness (QED) is 0.322. The Balaban J connectivity index is 1.94. The molecule has 0 spiro atoms. The highest BCUT2D eigenvalue weighted by atomic mass is 35.5. The zero-order valence-electron chi connectivity index (χ0n) is 15.4. The largest absolute Gasteiger partial charge is 0.399 e. The van der Waals surface area contributed by atoms with Crippen LogP contribution in [-0.4, -0.2) is 29.7 Å². The van der Waals surface area contributed by atoms with Crippen LogP contribution >= 0.6 is 23.2 Å². The van der Waals surface area contributed by atoms with Gasteiger partial charge in [0.05, 0.1) is 6.42 Å². The van der Waals surface area contributed by atoms with Crippen molar-refractivity contribution in [3.05, 3.63) is 63.6 Å². The SMILES string of the molecule is C[C@@H](NC(=O)c1ccc(N)cc1)C(=O)N=C(N)NC(=O)Cc1c(Cl)cccc1Cl. The number of aliphatic imine (C=N–C) groups is 1. The maximum absolute atomic E-state index is 12.1. The molecule has 2 aromatic rings. The van der Waals surface area contributed by atoms with Gasteiger partial charge in [-0.1, -0.05) is 29.3 Å². The van der Waals surface area contributed by atoms with Crippen molar-refractivity contribution < 1.29 is 14.4 Å². The van der Waals surface area contributed by atoms with E-state index in [0.29, 0.717) is 26.9 Å². The average Bonchev–Trinajstić information content (AvgIpc) is 2.65. The summed E-state index contributed by atoms with van der Waals surface area (Å²) in [6.07, 6.45) is -0.146. The van der Waals surface area contributed by atoms with Crippen LogP contribution in [0.3, 0.4) is 0 Å². The van der Waals surface area contributed by atoms with Crippen LogP contribution in [-0.2, 0) is 16.0 Å². The number of benzene rings is 2. The first-order valence-electron chi connectivity index (χ1n) is 8.44. The van der Waals surface area contributed by atoms with Gasteiger partial charge in [-0.3, -0.25) is 19.7 Å². The number of rotatable bonds is 5. The second kappa shape index (κ2) is 9.90. The molecule has 0 saturated heterocycles. The molecule has 0 aromatic heterocycles. The third kappa shape index (κ3) is 6.48. The summed E-state index contributed by atoms with van der Waals surface area (Å²) < 4.78 is 0. The fourth-order valence-electron chi connectivity index (χ4n) is 2.27. The Morgan fingerprint density at radius 1 is 1.07 bits per heavy atom. The van der Waals surface area contributed by atoms with E-state index in [4.69, 9.17) is 34.7 Å². The van der Waals surface area contributed by atoms with E-state index in [-0.39, 0.29) is 6.42 Å². The Hall–Kier alpha value is -3.10. The summed E-state index contributed by atoms with van der Waals surface area (Å²) in [7, 11) is 0. The maximum Gasteiger partial charge on any atom is 0.271 e. The minimum Gasteiger partial charge on any atom is -0.399 e. The standard InChI is InChI=1S/C19H19Cl2N5O3/c1-10(24-18(29)11-5-7-12(22)8-6-11)17(28)26-19(23)25-16(27)9-13-14(20)3-2-4-15(13)21/h2-8,10H,9,22H2,1H3,(H,24,29)(H3,23,25,26,27,28)/t10-/m1/s1. The lowest BCUT2D eigenvalue weighted by molar-refractivity contribution is -0.119. The van der Waals surface area contributed by atoms with Crippen LogP contribution in [0, 0.1) is 0 Å². The van der Waals surface area contributed by atoms with Gasteiger partial charge in [-0.05, 0) is 48.9 Å². The number of anilines is 1. The Labute approximate surface area is 177 Å². The number of hydrogen-bond donors (Lipinski definition) is 4. The van der Waals surface area contributed by atoms with Crippen molar-refractivity contribution in [2.24, 2.45) is 10.7 Å². The van der Waals surface area contributed by atoms with Gasteiger partial charge in [-0.2, -0.15) is 4.99 Å². The molecule has 6 N–H and O–H groups in total. The smallest absolute Gasteiger partial charge is 0.271 e. The van der Waals surface area contributed by atoms with Crippen LogP contribution in [0.5, 0.6) is 0 Å². The molecule has 8 nitrogen and oxygen atoms in total. The van der Waals surface area contributed by atoms with Crippen molar-refractivity contribution in [1.82, 2.24) is 10.6 Å². The fourth-order valence-corrected chi connectivity index (χ4v) is 2.80. The minimum absolute atomic E-state index is 0.146. The molecular formula is C19H19Cl2N5O3. The summed E-state index contributed by atoms with van der Waals surface area (Å²) in [5.41, 5.74) is 12.4. The van der Waals surface area contributed by atoms with E-state index in [1.165, 1.54) is 19.1 Å². The van der Waals surface area contributed by atoms with Crippen molar-refractivity contribution in [2.75, 3.05) is 5.73 Å². The Morgan fingerprint density at radius 3 is 2.24 bits per heavy atom. The van der Waals surface area contributed by atoms with Gasteiger partial charge in [0, 0.05) is 21.3 Å². The van der Waals surface area contributed by atoms with Gasteiger partial charge < -0.3 is 16.8 Å². The van der Waals surface area contributed by atoms with Crippen molar-refractivity contribution in [3.63, 3.8) is 0 Å². The summed E-state index contributed by atoms with van der Waals surface area (Å²) in [4.78, 5) is 39.9. The molecule has 2 aromatic carbocycles. The lowest BCUT2D eigenvalue weighted by atomic mass is 10.1. The van der Waals surface area contributed by atoms with E-state index < -0.39 is 29.7 Å². The van der Waals surface area contributed by atoms with E-state index in [0.717, 1.165) is 0 Å². The molecule has 0 aliphatic carbocycles. The van der Waals surface area contributed by atoms with Gasteiger partial charge in [0.15, 0.2) is 0 Å². The highest BCUT2D eigenvalue weighted by molar-refractivity contribution is 6.36. The predicted octanol–water partition coefficient (Wildman–Crippen LogP) is 1.89. The maximum atomic E-state index is 12.1. The van der Waals surface area contributed by atoms with E-state index in [1.807, 2.05) is 0 Å². The first-order chi connectivity index (χ1) is 13.7. The Morgan fingerprint density at radius 2 is 1.66 bits per heavy atom. The molecule has 0 unspecified atom stereocenters. The van der Waals surface area contributed by atoms with E-state index in [1.54, 1.807) is 30.3 Å². The number of carbonyl (C=O) groups is 3. The van der Waals surface area contributed by atoms with Gasteiger partial charge in [0.25, 0.3) is 11.8 Å². The highest BCUT2D eigenvalue weighted by Gasteiger charge is 2.17. The molecular weight excluding hydrogens is 417 g/mol. The molecule has 0 aliphatic rings. The molecule has 3 amide bonds. The first-order valence-corrected chi connectivity index (χ1v) is 9.20. The topological polar surface area (TPSA) is 140 Å². The summed E-state index contributed by atoms with van der Waals surface area (Å²) in [5.74, 6) is -2.16. The minimum atomic E-state index is -0.964. The van der Waals surface area contributed by atoms with Gasteiger partial charge in [0.1, 0.15) is 6.04 Å². The molecule has 1 atom stereocenters. The third-order valence-electron chi connectivity index (χ3n) is 3.79. The number of halogens is 2. The summed E-state index contributed by atoms with van der Waals surface area (Å²) in [6.45, 7) is 1.44. The van der Waals surface area contributed by atoms with Crippen molar-refractivity contribution >= 4 is 52.6 Å². The van der Waals surface area contributed by atoms with Gasteiger partial charge >= 0.3 is 0 Å². The van der Waals surface area contributed by atoms with Gasteiger partial charge in [-0.15, -0.1) is 0 Å². The van der Waals surface area contributed by atoms with Crippen LogP contribution in [0.25, 0.3) is 0 Å². The zero-order chi connectivity index (χ0) is 21.6. The lowest BCUT2D eigenvalue weighted by Gasteiger charge is -2.11. The average molecular weight is 436 g/mol. The zero-order valence-corrected chi connectivity index (χ0v) is 16.9. The fraction of sp³-hybridized carbons (Fsp3) is 0.158. The molecule has 0 heterocycles. The Kier molecular flexibility index (Phi) is 7.58. The number of nitrogen functional groups attached to an aromatic ring is 1. The number of nitrogens with zero attached hydrogens (tertiary/aromatic N) is 1. The molecule has 10 heteroatoms. The second-order valence-electron chi connectivity index (χ2n) is 6.08. The number of hydrogen-bond acceptors (Lipinski definition) is 4. The lowest BCUT2D eigenvalue weighted by Crippen LogP contribution is -2.42. The Bertz CT molecular complexity index is 941. The number of amides is 3. The molecule has 0 radical (unpaired) electrons. The van der Waals surface area contributed by atoms with Crippen LogP contribution in [0.2, 0.25) is 10.0 Å². The molecule has 0 fully saturated rings. The monoisotopic (exact) mass is 435 g/mol. The number of nitrogens with one attached hydrogen (secondary N) is 2. The summed E-state index contributed by atoms with van der Waals surface area (Å²) >= 11 is 12.0. The molecule has 29 heavy (non-hydrogen) atoms. The van der Waals surface area contributed by atoms with E-state index >= 15 is 0 Å². The molecule has 0 aliphatic heterocycles. The highest BCUT2D eigenvalue weighted by Crippen LogP contribution is 2.24. The van der Waals surface area contributed by atoms with Crippen LogP contribution < -0.4 is 22.1 Å². The van der Waals surface area contributed by atoms with Crippen molar-refractivity contribution in [3.8, 4) is 0 Å². The first kappa shape index (κ1) is 22.2. The van der Waals surface area contributed by atoms with Crippen LogP contribution in [0.1, 0.15) is 22.8 Å².